The topological polar surface area (TPSA) is 31.4 Å². The summed E-state index contributed by atoms with van der Waals surface area (Å²) < 4.78 is 1.31. The Morgan fingerprint density at radius 2 is 2.00 bits per heavy atom. The largest absolute Gasteiger partial charge is 0.345 e. The van der Waals surface area contributed by atoms with Gasteiger partial charge in [0.05, 0.1) is 10.2 Å². The number of benzene rings is 1. The Hall–Kier alpha value is -1.17. The van der Waals surface area contributed by atoms with Crippen LogP contribution in [0.5, 0.6) is 0 Å². The Labute approximate surface area is 142 Å². The first-order valence-electron chi connectivity index (χ1n) is 8.76. The van der Waals surface area contributed by atoms with E-state index >= 15 is 0 Å². The summed E-state index contributed by atoms with van der Waals surface area (Å²) in [5, 5.41) is 4.87. The van der Waals surface area contributed by atoms with Crippen LogP contribution in [0.3, 0.4) is 0 Å². The molecule has 0 amide bonds. The highest BCUT2D eigenvalue weighted by atomic mass is 32.1. The van der Waals surface area contributed by atoms with Crippen molar-refractivity contribution in [1.82, 2.24) is 15.2 Å². The number of likely N-dealkylation sites (N-methyl/N-ethyl adjacent to an activating group) is 1. The van der Waals surface area contributed by atoms with E-state index in [0.717, 1.165) is 38.6 Å². The first-order chi connectivity index (χ1) is 11.2. The molecule has 1 aromatic carbocycles. The van der Waals surface area contributed by atoms with E-state index in [9.17, 15) is 0 Å². The molecule has 124 valence electrons. The molecule has 23 heavy (non-hydrogen) atoms. The molecule has 1 N–H and O–H groups in total. The monoisotopic (exact) mass is 330 g/mol. The molecule has 4 nitrogen and oxygen atoms in total. The van der Waals surface area contributed by atoms with E-state index in [-0.39, 0.29) is 0 Å². The number of rotatable bonds is 2. The Balaban J connectivity index is 1.55. The van der Waals surface area contributed by atoms with Gasteiger partial charge in [0, 0.05) is 32.2 Å². The molecule has 0 bridgehead atoms. The van der Waals surface area contributed by atoms with Crippen LogP contribution in [-0.4, -0.2) is 49.7 Å². The lowest BCUT2D eigenvalue weighted by Gasteiger charge is -2.32. The average Bonchev–Trinajstić information content (AvgIpc) is 2.99. The third-order valence-electron chi connectivity index (χ3n) is 5.24. The van der Waals surface area contributed by atoms with Gasteiger partial charge in [0.1, 0.15) is 0 Å². The van der Waals surface area contributed by atoms with Crippen LogP contribution in [0.25, 0.3) is 10.2 Å². The molecule has 1 aromatic heterocycles. The van der Waals surface area contributed by atoms with E-state index in [2.05, 4.69) is 47.3 Å². The summed E-state index contributed by atoms with van der Waals surface area (Å²) in [6.45, 7) is 7.90. The molecule has 0 radical (unpaired) electrons. The summed E-state index contributed by atoms with van der Waals surface area (Å²) in [6, 6.07) is 7.37. The van der Waals surface area contributed by atoms with Crippen molar-refractivity contribution < 1.29 is 0 Å². The highest BCUT2D eigenvalue weighted by Crippen LogP contribution is 2.33. The van der Waals surface area contributed by atoms with Crippen molar-refractivity contribution in [3.05, 3.63) is 23.8 Å². The molecule has 3 heterocycles. The lowest BCUT2D eigenvalue weighted by Crippen LogP contribution is -2.44. The van der Waals surface area contributed by atoms with Gasteiger partial charge in [-0.05, 0) is 50.0 Å². The van der Waals surface area contributed by atoms with Crippen molar-refractivity contribution >= 4 is 26.7 Å². The van der Waals surface area contributed by atoms with E-state index in [1.54, 1.807) is 0 Å². The van der Waals surface area contributed by atoms with Gasteiger partial charge in [-0.1, -0.05) is 24.3 Å². The molecule has 2 fully saturated rings. The maximum absolute atomic E-state index is 4.93. The minimum atomic E-state index is 0.504. The van der Waals surface area contributed by atoms with Crippen LogP contribution in [-0.2, 0) is 0 Å². The van der Waals surface area contributed by atoms with Gasteiger partial charge in [-0.25, -0.2) is 4.98 Å². The fraction of sp³-hybridized carbons (Fsp3) is 0.611. The van der Waals surface area contributed by atoms with Crippen LogP contribution in [0.4, 0.5) is 5.13 Å². The lowest BCUT2D eigenvalue weighted by atomic mass is 9.92. The molecule has 2 saturated heterocycles. The lowest BCUT2D eigenvalue weighted by molar-refractivity contribution is 0.313. The zero-order chi connectivity index (χ0) is 15.8. The number of piperazine rings is 1. The van der Waals surface area contributed by atoms with Crippen molar-refractivity contribution in [3.8, 4) is 0 Å². The van der Waals surface area contributed by atoms with Crippen molar-refractivity contribution in [3.63, 3.8) is 0 Å². The molecular formula is C18H26N4S. The van der Waals surface area contributed by atoms with Crippen LogP contribution in [0.2, 0.25) is 0 Å². The Morgan fingerprint density at radius 3 is 2.74 bits per heavy atom. The van der Waals surface area contributed by atoms with E-state index in [1.807, 2.05) is 11.3 Å². The minimum Gasteiger partial charge on any atom is -0.345 e. The predicted octanol–water partition coefficient (Wildman–Crippen LogP) is 3.11. The fourth-order valence-electron chi connectivity index (χ4n) is 3.57. The average molecular weight is 331 g/mol. The summed E-state index contributed by atoms with van der Waals surface area (Å²) in [5.41, 5.74) is 2.57. The van der Waals surface area contributed by atoms with E-state index in [0.29, 0.717) is 6.04 Å². The summed E-state index contributed by atoms with van der Waals surface area (Å²) in [4.78, 5) is 9.75. The zero-order valence-corrected chi connectivity index (χ0v) is 14.9. The highest BCUT2D eigenvalue weighted by molar-refractivity contribution is 7.22. The van der Waals surface area contributed by atoms with Gasteiger partial charge in [-0.3, -0.25) is 0 Å². The number of thiazole rings is 1. The molecule has 2 atom stereocenters. The molecule has 5 heteroatoms. The van der Waals surface area contributed by atoms with Crippen molar-refractivity contribution in [2.24, 2.45) is 5.92 Å². The molecule has 2 aliphatic rings. The molecule has 0 saturated carbocycles. The third kappa shape index (κ3) is 3.23. The van der Waals surface area contributed by atoms with Gasteiger partial charge >= 0.3 is 0 Å². The van der Waals surface area contributed by atoms with Gasteiger partial charge in [-0.15, -0.1) is 0 Å². The van der Waals surface area contributed by atoms with E-state index in [4.69, 9.17) is 4.98 Å². The molecule has 2 aliphatic heterocycles. The van der Waals surface area contributed by atoms with Crippen LogP contribution in [0.1, 0.15) is 31.4 Å². The van der Waals surface area contributed by atoms with E-state index in [1.165, 1.54) is 33.8 Å². The molecule has 0 aliphatic carbocycles. The standard InChI is InChI=1S/C18H26N4S/c1-13-3-5-15(19-12-13)14-4-6-17-16(11-14)20-18(23-17)22-9-7-21(2)8-10-22/h4,6,11,13,15,19H,3,5,7-10,12H2,1-2H3. The fourth-order valence-corrected chi connectivity index (χ4v) is 4.56. The van der Waals surface area contributed by atoms with Crippen LogP contribution >= 0.6 is 11.3 Å². The minimum absolute atomic E-state index is 0.504. The maximum atomic E-state index is 4.93. The van der Waals surface area contributed by atoms with Crippen LogP contribution in [0, 0.1) is 5.92 Å². The van der Waals surface area contributed by atoms with Gasteiger partial charge in [-0.2, -0.15) is 0 Å². The summed E-state index contributed by atoms with van der Waals surface area (Å²) in [7, 11) is 2.19. The Morgan fingerprint density at radius 1 is 1.17 bits per heavy atom. The number of hydrogen-bond donors (Lipinski definition) is 1. The molecule has 4 rings (SSSR count). The quantitative estimate of drug-likeness (QED) is 0.917. The number of hydrogen-bond acceptors (Lipinski definition) is 5. The first-order valence-corrected chi connectivity index (χ1v) is 9.58. The number of nitrogens with zero attached hydrogens (tertiary/aromatic N) is 3. The second-order valence-electron chi connectivity index (χ2n) is 7.16. The number of fused-ring (bicyclic) bond motifs is 1. The number of aromatic nitrogens is 1. The molecule has 2 aromatic rings. The van der Waals surface area contributed by atoms with Gasteiger partial charge in [0.15, 0.2) is 5.13 Å². The third-order valence-corrected chi connectivity index (χ3v) is 6.33. The van der Waals surface area contributed by atoms with Gasteiger partial charge in [0.2, 0.25) is 0 Å². The highest BCUT2D eigenvalue weighted by Gasteiger charge is 2.21. The molecular weight excluding hydrogens is 304 g/mol. The zero-order valence-electron chi connectivity index (χ0n) is 14.1. The van der Waals surface area contributed by atoms with Gasteiger partial charge < -0.3 is 15.1 Å². The van der Waals surface area contributed by atoms with Crippen molar-refractivity contribution in [1.29, 1.82) is 0 Å². The SMILES string of the molecule is CC1CCC(c2ccc3sc(N4CCN(C)CC4)nc3c2)NC1. The summed E-state index contributed by atoms with van der Waals surface area (Å²) in [6.07, 6.45) is 2.56. The first kappa shape index (κ1) is 15.4. The summed E-state index contributed by atoms with van der Waals surface area (Å²) >= 11 is 1.84. The number of piperidine rings is 1. The molecule has 0 spiro atoms. The van der Waals surface area contributed by atoms with Gasteiger partial charge in [0.25, 0.3) is 0 Å². The number of anilines is 1. The van der Waals surface area contributed by atoms with Crippen LogP contribution in [0.15, 0.2) is 18.2 Å². The summed E-state index contributed by atoms with van der Waals surface area (Å²) in [5.74, 6) is 0.804. The Kier molecular flexibility index (Phi) is 4.26. The van der Waals surface area contributed by atoms with Crippen LogP contribution < -0.4 is 10.2 Å². The second kappa shape index (κ2) is 6.38. The smallest absolute Gasteiger partial charge is 0.186 e. The normalized spacial score (nSPS) is 26.8. The molecule has 2 unspecified atom stereocenters. The second-order valence-corrected chi connectivity index (χ2v) is 8.17. The Bertz CT molecular complexity index is 647. The predicted molar refractivity (Wildman–Crippen MR) is 98.5 cm³/mol. The van der Waals surface area contributed by atoms with Crippen molar-refractivity contribution in [2.75, 3.05) is 44.7 Å². The van der Waals surface area contributed by atoms with E-state index < -0.39 is 0 Å². The number of nitrogens with one attached hydrogen (secondary N) is 1. The van der Waals surface area contributed by atoms with Crippen molar-refractivity contribution in [2.45, 2.75) is 25.8 Å². The maximum Gasteiger partial charge on any atom is 0.186 e.